The minimum atomic E-state index is -1.18. The van der Waals surface area contributed by atoms with E-state index in [1.807, 2.05) is 6.92 Å². The van der Waals surface area contributed by atoms with Crippen LogP contribution < -0.4 is 10.2 Å². The molecule has 0 saturated heterocycles. The van der Waals surface area contributed by atoms with Gasteiger partial charge in [0, 0.05) is 13.1 Å². The monoisotopic (exact) mass is 414 g/mol. The van der Waals surface area contributed by atoms with E-state index in [-0.39, 0.29) is 28.8 Å². The van der Waals surface area contributed by atoms with Crippen LogP contribution in [0.5, 0.6) is 0 Å². The number of nitrogens with one attached hydrogen (secondary N) is 1. The Hall–Kier alpha value is -3.55. The third-order valence-electron chi connectivity index (χ3n) is 4.41. The van der Waals surface area contributed by atoms with Crippen LogP contribution in [0.4, 0.5) is 30.6 Å². The Kier molecular flexibility index (Phi) is 6.56. The zero-order valence-electron chi connectivity index (χ0n) is 16.5. The zero-order valence-corrected chi connectivity index (χ0v) is 16.5. The first-order valence-corrected chi connectivity index (χ1v) is 9.32. The summed E-state index contributed by atoms with van der Waals surface area (Å²) in [5.41, 5.74) is 0.581. The lowest BCUT2D eigenvalue weighted by atomic mass is 10.1. The highest BCUT2D eigenvalue weighted by molar-refractivity contribution is 5.78. The van der Waals surface area contributed by atoms with Gasteiger partial charge in [0.25, 0.3) is 5.89 Å². The molecule has 0 radical (unpaired) electrons. The van der Waals surface area contributed by atoms with Crippen LogP contribution in [0.1, 0.15) is 12.5 Å². The molecule has 0 fully saturated rings. The summed E-state index contributed by atoms with van der Waals surface area (Å²) in [5.74, 6) is -2.90. The van der Waals surface area contributed by atoms with Crippen molar-refractivity contribution in [3.05, 3.63) is 78.7 Å². The van der Waals surface area contributed by atoms with Crippen molar-refractivity contribution >= 4 is 17.4 Å². The van der Waals surface area contributed by atoms with Crippen molar-refractivity contribution < 1.29 is 17.6 Å². The molecule has 1 heterocycles. The lowest BCUT2D eigenvalue weighted by Crippen LogP contribution is -2.23. The number of nitrogens with zero attached hydrogens (tertiary/aromatic N) is 3. The molecule has 8 heteroatoms. The summed E-state index contributed by atoms with van der Waals surface area (Å²) in [7, 11) is 0. The first-order valence-electron chi connectivity index (χ1n) is 9.32. The molecule has 0 aliphatic carbocycles. The van der Waals surface area contributed by atoms with Gasteiger partial charge in [0.2, 0.25) is 0 Å². The summed E-state index contributed by atoms with van der Waals surface area (Å²) in [6.45, 7) is 10.1. The van der Waals surface area contributed by atoms with Crippen LogP contribution in [0.2, 0.25) is 0 Å². The molecule has 0 unspecified atom stereocenters. The predicted octanol–water partition coefficient (Wildman–Crippen LogP) is 5.64. The number of hydrogen-bond acceptors (Lipinski definition) is 5. The van der Waals surface area contributed by atoms with Crippen LogP contribution >= 0.6 is 0 Å². The van der Waals surface area contributed by atoms with E-state index in [0.717, 1.165) is 11.6 Å². The Balaban J connectivity index is 2.02. The minimum Gasteiger partial charge on any atom is -0.403 e. The number of rotatable bonds is 9. The summed E-state index contributed by atoms with van der Waals surface area (Å²) in [5, 5.41) is 10.5. The van der Waals surface area contributed by atoms with E-state index in [1.165, 1.54) is 18.2 Å². The van der Waals surface area contributed by atoms with Gasteiger partial charge in [-0.05, 0) is 36.2 Å². The van der Waals surface area contributed by atoms with Gasteiger partial charge < -0.3 is 14.6 Å². The molecule has 5 nitrogen and oxygen atoms in total. The van der Waals surface area contributed by atoms with Gasteiger partial charge in [-0.15, -0.1) is 18.3 Å². The number of aromatic nitrogens is 2. The van der Waals surface area contributed by atoms with Gasteiger partial charge in [-0.2, -0.15) is 0 Å². The Labute approximate surface area is 172 Å². The summed E-state index contributed by atoms with van der Waals surface area (Å²) in [4.78, 5) is 1.70. The normalized spacial score (nSPS) is 10.7. The summed E-state index contributed by atoms with van der Waals surface area (Å²) < 4.78 is 48.6. The van der Waals surface area contributed by atoms with E-state index in [2.05, 4.69) is 28.7 Å². The van der Waals surface area contributed by atoms with Crippen molar-refractivity contribution in [1.82, 2.24) is 10.2 Å². The average Bonchev–Trinajstić information content (AvgIpc) is 3.22. The lowest BCUT2D eigenvalue weighted by Gasteiger charge is -2.15. The first-order chi connectivity index (χ1) is 14.5. The average molecular weight is 414 g/mol. The lowest BCUT2D eigenvalue weighted by molar-refractivity contribution is 0.510. The molecule has 0 aliphatic heterocycles. The van der Waals surface area contributed by atoms with Crippen LogP contribution in [0.3, 0.4) is 0 Å². The molecule has 0 amide bonds. The van der Waals surface area contributed by atoms with Crippen LogP contribution in [-0.2, 0) is 6.42 Å². The molecule has 156 valence electrons. The second kappa shape index (κ2) is 9.30. The van der Waals surface area contributed by atoms with Gasteiger partial charge in [-0.3, -0.25) is 0 Å². The van der Waals surface area contributed by atoms with Crippen LogP contribution in [0.15, 0.2) is 60.1 Å². The quantitative estimate of drug-likeness (QED) is 0.460. The molecule has 3 aromatic rings. The molecular formula is C22H21F3N4O. The molecule has 0 spiro atoms. The maximum atomic E-state index is 14.6. The van der Waals surface area contributed by atoms with Crippen molar-refractivity contribution in [2.75, 3.05) is 23.3 Å². The Morgan fingerprint density at radius 3 is 2.40 bits per heavy atom. The van der Waals surface area contributed by atoms with Crippen molar-refractivity contribution in [3.63, 3.8) is 0 Å². The van der Waals surface area contributed by atoms with Gasteiger partial charge in [0.1, 0.15) is 5.82 Å². The van der Waals surface area contributed by atoms with Gasteiger partial charge in [-0.25, -0.2) is 13.2 Å². The number of hydrogen-bond donors (Lipinski definition) is 1. The first kappa shape index (κ1) is 21.2. The standard InChI is InChI=1S/C22H21F3N4O/c1-4-11-29(12-5-2)22-28-27-21(30-22)15-8-9-16(23)19(25)20(15)26-18-10-7-14(6-3)13-17(18)24/h4-5,7-10,13,26H,1-2,6,11-12H2,3H3. The molecule has 0 aliphatic rings. The van der Waals surface area contributed by atoms with E-state index in [0.29, 0.717) is 19.5 Å². The molecule has 0 saturated carbocycles. The maximum Gasteiger partial charge on any atom is 0.319 e. The number of anilines is 3. The SMILES string of the molecule is C=CCN(CC=C)c1nnc(-c2ccc(F)c(F)c2Nc2ccc(CC)cc2F)o1. The van der Waals surface area contributed by atoms with Gasteiger partial charge in [0.15, 0.2) is 11.6 Å². The fourth-order valence-corrected chi connectivity index (χ4v) is 2.86. The van der Waals surface area contributed by atoms with E-state index < -0.39 is 17.5 Å². The molecule has 1 N–H and O–H groups in total. The fourth-order valence-electron chi connectivity index (χ4n) is 2.86. The summed E-state index contributed by atoms with van der Waals surface area (Å²) in [6.07, 6.45) is 3.95. The summed E-state index contributed by atoms with van der Waals surface area (Å²) >= 11 is 0. The van der Waals surface area contributed by atoms with Crippen LogP contribution in [0, 0.1) is 17.5 Å². The minimum absolute atomic E-state index is 0.00219. The topological polar surface area (TPSA) is 54.2 Å². The smallest absolute Gasteiger partial charge is 0.319 e. The fraction of sp³-hybridized carbons (Fsp3) is 0.182. The summed E-state index contributed by atoms with van der Waals surface area (Å²) in [6, 6.07) is 6.92. The Morgan fingerprint density at radius 2 is 1.77 bits per heavy atom. The number of benzene rings is 2. The zero-order chi connectivity index (χ0) is 21.7. The molecule has 30 heavy (non-hydrogen) atoms. The third-order valence-corrected chi connectivity index (χ3v) is 4.41. The second-order valence-electron chi connectivity index (χ2n) is 6.45. The molecule has 0 bridgehead atoms. The highest BCUT2D eigenvalue weighted by Crippen LogP contribution is 2.35. The number of aryl methyl sites for hydroxylation is 1. The molecule has 2 aromatic carbocycles. The van der Waals surface area contributed by atoms with Crippen molar-refractivity contribution in [1.29, 1.82) is 0 Å². The molecule has 1 aromatic heterocycles. The van der Waals surface area contributed by atoms with Gasteiger partial charge in [-0.1, -0.05) is 30.2 Å². The molecule has 3 rings (SSSR count). The maximum absolute atomic E-state index is 14.6. The molecule has 0 atom stereocenters. The third kappa shape index (κ3) is 4.37. The predicted molar refractivity (Wildman–Crippen MR) is 111 cm³/mol. The Bertz CT molecular complexity index is 1050. The van der Waals surface area contributed by atoms with Gasteiger partial charge >= 0.3 is 6.01 Å². The van der Waals surface area contributed by atoms with Crippen LogP contribution in [0.25, 0.3) is 11.5 Å². The molecular weight excluding hydrogens is 393 g/mol. The largest absolute Gasteiger partial charge is 0.403 e. The van der Waals surface area contributed by atoms with Crippen molar-refractivity contribution in [2.45, 2.75) is 13.3 Å². The van der Waals surface area contributed by atoms with Crippen molar-refractivity contribution in [3.8, 4) is 11.5 Å². The number of halogens is 3. The van der Waals surface area contributed by atoms with Crippen molar-refractivity contribution in [2.24, 2.45) is 0 Å². The second-order valence-corrected chi connectivity index (χ2v) is 6.45. The van der Waals surface area contributed by atoms with E-state index in [1.54, 1.807) is 23.1 Å². The highest BCUT2D eigenvalue weighted by Gasteiger charge is 2.21. The van der Waals surface area contributed by atoms with E-state index in [4.69, 9.17) is 4.42 Å². The van der Waals surface area contributed by atoms with E-state index >= 15 is 0 Å². The van der Waals surface area contributed by atoms with E-state index in [9.17, 15) is 13.2 Å². The highest BCUT2D eigenvalue weighted by atomic mass is 19.2. The Morgan fingerprint density at radius 1 is 1.03 bits per heavy atom. The van der Waals surface area contributed by atoms with Crippen LogP contribution in [-0.4, -0.2) is 23.3 Å². The van der Waals surface area contributed by atoms with Gasteiger partial charge in [0.05, 0.1) is 16.9 Å².